The van der Waals surface area contributed by atoms with Gasteiger partial charge in [0.25, 0.3) is 5.91 Å². The number of aromatic nitrogens is 4. The van der Waals surface area contributed by atoms with Crippen LogP contribution >= 0.6 is 15.9 Å². The van der Waals surface area contributed by atoms with Crippen LogP contribution in [0.3, 0.4) is 0 Å². The summed E-state index contributed by atoms with van der Waals surface area (Å²) in [6.07, 6.45) is 0. The predicted molar refractivity (Wildman–Crippen MR) is 95.9 cm³/mol. The molecule has 3 heterocycles. The fourth-order valence-corrected chi connectivity index (χ4v) is 2.59. The quantitative estimate of drug-likeness (QED) is 0.612. The molecule has 25 heavy (non-hydrogen) atoms. The van der Waals surface area contributed by atoms with Gasteiger partial charge in [0, 0.05) is 18.8 Å². The highest BCUT2D eigenvalue weighted by Crippen LogP contribution is 2.13. The van der Waals surface area contributed by atoms with E-state index in [0.29, 0.717) is 29.4 Å². The number of nitrogens with one attached hydrogen (secondary N) is 2. The summed E-state index contributed by atoms with van der Waals surface area (Å²) < 4.78 is 7.45. The second-order valence-corrected chi connectivity index (χ2v) is 6.18. The summed E-state index contributed by atoms with van der Waals surface area (Å²) in [4.78, 5) is 11.8. The van der Waals surface area contributed by atoms with E-state index in [9.17, 15) is 4.79 Å². The molecule has 0 radical (unpaired) electrons. The Labute approximate surface area is 152 Å². The van der Waals surface area contributed by atoms with Gasteiger partial charge in [0.1, 0.15) is 5.82 Å². The van der Waals surface area contributed by atoms with Crippen molar-refractivity contribution in [2.24, 2.45) is 0 Å². The third-order valence-electron chi connectivity index (χ3n) is 3.39. The minimum Gasteiger partial charge on any atom is -0.444 e. The number of aryl methyl sites for hydroxylation is 2. The summed E-state index contributed by atoms with van der Waals surface area (Å²) in [6, 6.07) is 8.93. The van der Waals surface area contributed by atoms with Gasteiger partial charge in [-0.25, -0.2) is 4.68 Å². The summed E-state index contributed by atoms with van der Waals surface area (Å²) in [6.45, 7) is 4.84. The van der Waals surface area contributed by atoms with Crippen LogP contribution in [0.5, 0.6) is 0 Å². The van der Waals surface area contributed by atoms with Crippen LogP contribution in [0.2, 0.25) is 0 Å². The molecule has 0 bridgehead atoms. The molecule has 0 fully saturated rings. The van der Waals surface area contributed by atoms with Crippen LogP contribution in [0.15, 0.2) is 39.4 Å². The maximum Gasteiger partial charge on any atom is 0.287 e. The lowest BCUT2D eigenvalue weighted by Gasteiger charge is -2.07. The van der Waals surface area contributed by atoms with Gasteiger partial charge in [0.2, 0.25) is 0 Å². The van der Waals surface area contributed by atoms with Gasteiger partial charge in [0.15, 0.2) is 16.2 Å². The zero-order valence-corrected chi connectivity index (χ0v) is 15.4. The normalized spacial score (nSPS) is 10.7. The van der Waals surface area contributed by atoms with Crippen molar-refractivity contribution in [3.05, 3.63) is 52.1 Å². The van der Waals surface area contributed by atoms with Gasteiger partial charge in [-0.3, -0.25) is 4.79 Å². The molecule has 3 aromatic heterocycles. The number of carbonyl (C=O) groups excluding carboxylic acids is 1. The third kappa shape index (κ3) is 4.24. The Balaban J connectivity index is 1.49. The predicted octanol–water partition coefficient (Wildman–Crippen LogP) is 2.48. The molecule has 3 aromatic rings. The van der Waals surface area contributed by atoms with Gasteiger partial charge < -0.3 is 15.1 Å². The molecule has 9 heteroatoms. The van der Waals surface area contributed by atoms with Crippen LogP contribution < -0.4 is 10.6 Å². The molecule has 1 amide bonds. The SMILES string of the molecule is Cc1cc(C)n(-c2ccc(NCCNC(=O)c3ccc(Br)o3)nn2)n1. The van der Waals surface area contributed by atoms with E-state index >= 15 is 0 Å². The minimum absolute atomic E-state index is 0.265. The van der Waals surface area contributed by atoms with Gasteiger partial charge in [-0.15, -0.1) is 10.2 Å². The van der Waals surface area contributed by atoms with E-state index in [4.69, 9.17) is 4.42 Å². The second kappa shape index (κ2) is 7.47. The molecule has 0 saturated heterocycles. The molecule has 0 unspecified atom stereocenters. The summed E-state index contributed by atoms with van der Waals surface area (Å²) >= 11 is 3.16. The molecule has 8 nitrogen and oxygen atoms in total. The molecule has 0 atom stereocenters. The van der Waals surface area contributed by atoms with Crippen LogP contribution in [0, 0.1) is 13.8 Å². The molecule has 3 rings (SSSR count). The number of hydrogen-bond donors (Lipinski definition) is 2. The number of nitrogens with zero attached hydrogens (tertiary/aromatic N) is 4. The van der Waals surface area contributed by atoms with E-state index in [1.54, 1.807) is 16.8 Å². The highest BCUT2D eigenvalue weighted by molar-refractivity contribution is 9.10. The summed E-state index contributed by atoms with van der Waals surface area (Å²) in [5.74, 6) is 1.28. The lowest BCUT2D eigenvalue weighted by atomic mass is 10.4. The molecule has 0 aromatic carbocycles. The summed E-state index contributed by atoms with van der Waals surface area (Å²) in [5, 5.41) is 18.5. The summed E-state index contributed by atoms with van der Waals surface area (Å²) in [7, 11) is 0. The Kier molecular flexibility index (Phi) is 5.13. The van der Waals surface area contributed by atoms with Gasteiger partial charge in [-0.05, 0) is 60.1 Å². The Morgan fingerprint density at radius 2 is 2.04 bits per heavy atom. The maximum atomic E-state index is 11.8. The van der Waals surface area contributed by atoms with Crippen molar-refractivity contribution in [3.8, 4) is 5.82 Å². The molecular formula is C16H17BrN6O2. The number of furan rings is 1. The number of carbonyl (C=O) groups is 1. The molecule has 0 spiro atoms. The maximum absolute atomic E-state index is 11.8. The van der Waals surface area contributed by atoms with Crippen LogP contribution in [-0.4, -0.2) is 39.0 Å². The third-order valence-corrected chi connectivity index (χ3v) is 3.82. The summed E-state index contributed by atoms with van der Waals surface area (Å²) in [5.41, 5.74) is 1.93. The lowest BCUT2D eigenvalue weighted by Crippen LogP contribution is -2.28. The topological polar surface area (TPSA) is 97.9 Å². The van der Waals surface area contributed by atoms with Crippen LogP contribution in [0.1, 0.15) is 21.9 Å². The molecule has 0 aliphatic carbocycles. The number of rotatable bonds is 6. The van der Waals surface area contributed by atoms with Gasteiger partial charge in [0.05, 0.1) is 5.69 Å². The molecule has 0 saturated carbocycles. The fraction of sp³-hybridized carbons (Fsp3) is 0.250. The van der Waals surface area contributed by atoms with E-state index in [1.807, 2.05) is 32.0 Å². The monoisotopic (exact) mass is 404 g/mol. The van der Waals surface area contributed by atoms with Crippen molar-refractivity contribution in [1.82, 2.24) is 25.3 Å². The first-order valence-corrected chi connectivity index (χ1v) is 8.47. The number of anilines is 1. The zero-order valence-electron chi connectivity index (χ0n) is 13.8. The number of amides is 1. The average Bonchev–Trinajstić information content (AvgIpc) is 3.17. The standard InChI is InChI=1S/C16H17BrN6O2/c1-10-9-11(2)23(22-10)15-6-5-14(20-21-15)18-7-8-19-16(24)12-3-4-13(17)25-12/h3-6,9H,7-8H2,1-2H3,(H,18,20)(H,19,24). The molecular weight excluding hydrogens is 388 g/mol. The van der Waals surface area contributed by atoms with Crippen LogP contribution in [-0.2, 0) is 0 Å². The van der Waals surface area contributed by atoms with E-state index in [1.165, 1.54) is 0 Å². The average molecular weight is 405 g/mol. The molecule has 0 aliphatic heterocycles. The Morgan fingerprint density at radius 1 is 1.20 bits per heavy atom. The van der Waals surface area contributed by atoms with Gasteiger partial charge in [-0.1, -0.05) is 0 Å². The minimum atomic E-state index is -0.265. The fourth-order valence-electron chi connectivity index (χ4n) is 2.28. The first-order valence-electron chi connectivity index (χ1n) is 7.68. The lowest BCUT2D eigenvalue weighted by molar-refractivity contribution is 0.0926. The Bertz CT molecular complexity index is 871. The van der Waals surface area contributed by atoms with Crippen LogP contribution in [0.25, 0.3) is 5.82 Å². The van der Waals surface area contributed by atoms with Gasteiger partial charge >= 0.3 is 0 Å². The van der Waals surface area contributed by atoms with Crippen molar-refractivity contribution in [2.75, 3.05) is 18.4 Å². The van der Waals surface area contributed by atoms with Crippen molar-refractivity contribution in [2.45, 2.75) is 13.8 Å². The largest absolute Gasteiger partial charge is 0.444 e. The number of halogens is 1. The van der Waals surface area contributed by atoms with E-state index in [0.717, 1.165) is 11.4 Å². The van der Waals surface area contributed by atoms with E-state index < -0.39 is 0 Å². The van der Waals surface area contributed by atoms with Crippen LogP contribution in [0.4, 0.5) is 5.82 Å². The molecule has 2 N–H and O–H groups in total. The second-order valence-electron chi connectivity index (χ2n) is 5.40. The van der Waals surface area contributed by atoms with Crippen molar-refractivity contribution < 1.29 is 9.21 Å². The first kappa shape index (κ1) is 17.2. The highest BCUT2D eigenvalue weighted by Gasteiger charge is 2.09. The number of hydrogen-bond acceptors (Lipinski definition) is 6. The molecule has 0 aliphatic rings. The highest BCUT2D eigenvalue weighted by atomic mass is 79.9. The molecule has 130 valence electrons. The Hall–Kier alpha value is -2.68. The Morgan fingerprint density at radius 3 is 2.64 bits per heavy atom. The van der Waals surface area contributed by atoms with Crippen molar-refractivity contribution in [1.29, 1.82) is 0 Å². The zero-order chi connectivity index (χ0) is 17.8. The first-order chi connectivity index (χ1) is 12.0. The van der Waals surface area contributed by atoms with E-state index in [-0.39, 0.29) is 11.7 Å². The van der Waals surface area contributed by atoms with Crippen molar-refractivity contribution in [3.63, 3.8) is 0 Å². The smallest absolute Gasteiger partial charge is 0.287 e. The van der Waals surface area contributed by atoms with Gasteiger partial charge in [-0.2, -0.15) is 5.10 Å². The van der Waals surface area contributed by atoms with E-state index in [2.05, 4.69) is 41.9 Å². The van der Waals surface area contributed by atoms with Crippen molar-refractivity contribution >= 4 is 27.7 Å².